The highest BCUT2D eigenvalue weighted by molar-refractivity contribution is 9.10. The summed E-state index contributed by atoms with van der Waals surface area (Å²) in [5.74, 6) is 3.49. The lowest BCUT2D eigenvalue weighted by molar-refractivity contribution is -0.00484. The number of methoxy groups -OCH3 is 2. The predicted molar refractivity (Wildman–Crippen MR) is 219 cm³/mol. The molecule has 19 heteroatoms. The molecular weight excluding hydrogens is 839 g/mol. The van der Waals surface area contributed by atoms with Gasteiger partial charge in [0.05, 0.1) is 18.7 Å². The monoisotopic (exact) mass is 876 g/mol. The van der Waals surface area contributed by atoms with Crippen LogP contribution in [0.3, 0.4) is 0 Å². The van der Waals surface area contributed by atoms with Crippen LogP contribution in [0.15, 0.2) is 99.9 Å². The summed E-state index contributed by atoms with van der Waals surface area (Å²) in [6, 6.07) is 22.2. The number of hydrogen-bond donors (Lipinski definition) is 3. The zero-order valence-corrected chi connectivity index (χ0v) is 34.8. The van der Waals surface area contributed by atoms with Gasteiger partial charge in [-0.3, -0.25) is 24.8 Å². The highest BCUT2D eigenvalue weighted by Crippen LogP contribution is 2.31. The second kappa shape index (κ2) is 19.1. The first-order valence-electron chi connectivity index (χ1n) is 17.5. The number of aromatic nitrogens is 8. The van der Waals surface area contributed by atoms with Gasteiger partial charge >= 0.3 is 0 Å². The first kappa shape index (κ1) is 41.2. The normalized spacial score (nSPS) is 18.6. The molecule has 0 saturated carbocycles. The number of H-pyrrole nitrogens is 1. The smallest absolute Gasteiger partial charge is 0.240 e. The number of benzene rings is 2. The summed E-state index contributed by atoms with van der Waals surface area (Å²) in [5.41, 5.74) is 9.62. The summed E-state index contributed by atoms with van der Waals surface area (Å²) >= 11 is 15.6. The minimum atomic E-state index is -0.208. The summed E-state index contributed by atoms with van der Waals surface area (Å²) < 4.78 is 13.1. The number of nitrogens with zero attached hydrogens (tertiary/aromatic N) is 9. The van der Waals surface area contributed by atoms with Gasteiger partial charge in [-0.1, -0.05) is 47.5 Å². The zero-order valence-electron chi connectivity index (χ0n) is 31.7. The number of rotatable bonds is 7. The third-order valence-electron chi connectivity index (χ3n) is 8.40. The maximum Gasteiger partial charge on any atom is 0.240 e. The number of aromatic amines is 1. The van der Waals surface area contributed by atoms with E-state index < -0.39 is 0 Å². The van der Waals surface area contributed by atoms with Crippen LogP contribution in [0.5, 0.6) is 11.8 Å². The molecule has 8 rings (SSSR count). The highest BCUT2D eigenvalue weighted by Gasteiger charge is 2.28. The van der Waals surface area contributed by atoms with E-state index in [2.05, 4.69) is 62.1 Å². The van der Waals surface area contributed by atoms with Crippen LogP contribution >= 0.6 is 39.1 Å². The molecule has 4 unspecified atom stereocenters. The molecular formula is C38H39BrCl2N12O4. The second-order valence-corrected chi connectivity index (χ2v) is 14.3. The summed E-state index contributed by atoms with van der Waals surface area (Å²) in [4.78, 5) is 37.8. The average molecular weight is 879 g/mol. The van der Waals surface area contributed by atoms with Crippen molar-refractivity contribution in [1.29, 1.82) is 0 Å². The van der Waals surface area contributed by atoms with Crippen molar-refractivity contribution in [2.75, 3.05) is 14.2 Å². The number of nitrogens with one attached hydrogen (secondary N) is 3. The van der Waals surface area contributed by atoms with Crippen molar-refractivity contribution < 1.29 is 19.1 Å². The molecule has 6 aromatic rings. The molecule has 16 nitrogen and oxygen atoms in total. The van der Waals surface area contributed by atoms with Crippen molar-refractivity contribution in [3.8, 4) is 17.4 Å². The number of hydroxylamine groups is 2. The number of halogens is 3. The molecule has 2 aliphatic heterocycles. The van der Waals surface area contributed by atoms with E-state index in [1.54, 1.807) is 25.2 Å². The molecule has 0 fully saturated rings. The SMILES string of the molecule is COc1nc(C2=NC(c3cccc(Cl)c3)C(C)ON2)ccc1-n1cnc(C)n1.COc1nc(C2=NC(c3cccc(Cl)c3)C(C)ON2)ccc1Br.Cc1ncn[nH]1. The number of amidine groups is 2. The van der Waals surface area contributed by atoms with E-state index in [9.17, 15) is 0 Å². The molecule has 4 aromatic heterocycles. The van der Waals surface area contributed by atoms with Gasteiger partial charge in [0, 0.05) is 10.0 Å². The van der Waals surface area contributed by atoms with Crippen LogP contribution in [0.2, 0.25) is 10.0 Å². The number of hydrogen-bond acceptors (Lipinski definition) is 14. The van der Waals surface area contributed by atoms with E-state index in [1.807, 2.05) is 100 Å². The third-order valence-corrected chi connectivity index (χ3v) is 9.48. The molecule has 57 heavy (non-hydrogen) atoms. The Hall–Kier alpha value is -5.46. The van der Waals surface area contributed by atoms with E-state index in [0.717, 1.165) is 21.4 Å². The summed E-state index contributed by atoms with van der Waals surface area (Å²) in [5, 5.41) is 11.9. The Bertz CT molecular complexity index is 2340. The van der Waals surface area contributed by atoms with Crippen LogP contribution in [0.4, 0.5) is 0 Å². The molecule has 296 valence electrons. The summed E-state index contributed by atoms with van der Waals surface area (Å²) in [6.45, 7) is 7.57. The number of pyridine rings is 2. The van der Waals surface area contributed by atoms with Gasteiger partial charge in [-0.25, -0.2) is 35.6 Å². The Morgan fingerprint density at radius 1 is 0.737 bits per heavy atom. The van der Waals surface area contributed by atoms with E-state index >= 15 is 0 Å². The van der Waals surface area contributed by atoms with Gasteiger partial charge in [-0.05, 0) is 103 Å². The van der Waals surface area contributed by atoms with Gasteiger partial charge in [0.15, 0.2) is 11.7 Å². The molecule has 0 saturated heterocycles. The molecule has 2 aliphatic rings. The second-order valence-electron chi connectivity index (χ2n) is 12.5. The van der Waals surface area contributed by atoms with Crippen molar-refractivity contribution in [3.63, 3.8) is 0 Å². The lowest BCUT2D eigenvalue weighted by Gasteiger charge is -2.28. The van der Waals surface area contributed by atoms with Crippen molar-refractivity contribution >= 4 is 50.8 Å². The number of ether oxygens (including phenoxy) is 2. The van der Waals surface area contributed by atoms with Crippen molar-refractivity contribution in [2.45, 2.75) is 52.0 Å². The minimum absolute atomic E-state index is 0.130. The van der Waals surface area contributed by atoms with Gasteiger partial charge in [0.25, 0.3) is 0 Å². The Morgan fingerprint density at radius 3 is 1.75 bits per heavy atom. The predicted octanol–water partition coefficient (Wildman–Crippen LogP) is 7.07. The van der Waals surface area contributed by atoms with Gasteiger partial charge in [-0.2, -0.15) is 10.2 Å². The molecule has 0 bridgehead atoms. The zero-order chi connectivity index (χ0) is 40.5. The first-order valence-corrected chi connectivity index (χ1v) is 19.0. The van der Waals surface area contributed by atoms with Crippen LogP contribution in [-0.4, -0.2) is 78.0 Å². The molecule has 0 radical (unpaired) electrons. The Kier molecular flexibility index (Phi) is 13.8. The van der Waals surface area contributed by atoms with Gasteiger partial charge < -0.3 is 9.47 Å². The van der Waals surface area contributed by atoms with Gasteiger partial charge in [-0.15, -0.1) is 0 Å². The lowest BCUT2D eigenvalue weighted by atomic mass is 10.0. The molecule has 3 N–H and O–H groups in total. The molecule has 0 spiro atoms. The van der Waals surface area contributed by atoms with Gasteiger partial charge in [0.1, 0.15) is 65.7 Å². The van der Waals surface area contributed by atoms with E-state index in [1.165, 1.54) is 6.33 Å². The summed E-state index contributed by atoms with van der Waals surface area (Å²) in [7, 11) is 3.13. The fraction of sp³-hybridized carbons (Fsp3) is 0.263. The Labute approximate surface area is 347 Å². The molecule has 6 heterocycles. The number of aliphatic imine (C=N–C) groups is 2. The minimum Gasteiger partial charge on any atom is -0.480 e. The van der Waals surface area contributed by atoms with Crippen LogP contribution < -0.4 is 20.4 Å². The van der Waals surface area contributed by atoms with E-state index in [0.29, 0.717) is 56.4 Å². The quantitative estimate of drug-likeness (QED) is 0.149. The third kappa shape index (κ3) is 10.5. The van der Waals surface area contributed by atoms with Crippen molar-refractivity contribution in [3.05, 3.63) is 134 Å². The standard InChI is InChI=1S/C19H19ClN6O2.C16H15BrClN3O2.C3H5N3/c1-11-17(13-5-4-6-14(20)9-13)23-18(25-28-11)15-7-8-16(19(22-15)27-3)26-10-21-12(2)24-26;1-9-14(10-4-3-5-11(18)8-10)20-15(21-23-9)13-7-6-12(17)16(19-13)22-2;1-3-4-2-5-6-3/h4-11,17H,1-3H3,(H,23,25);3-9,14H,1-2H3,(H,20,21);2H,1H3,(H,4,5,6). The highest BCUT2D eigenvalue weighted by atomic mass is 79.9. The fourth-order valence-corrected chi connectivity index (χ4v) is 6.37. The van der Waals surface area contributed by atoms with Crippen LogP contribution in [0, 0.1) is 13.8 Å². The van der Waals surface area contributed by atoms with Crippen LogP contribution in [0.25, 0.3) is 5.69 Å². The first-order chi connectivity index (χ1) is 27.5. The fourth-order valence-electron chi connectivity index (χ4n) is 5.59. The Balaban J connectivity index is 0.000000170. The maximum atomic E-state index is 6.13. The van der Waals surface area contributed by atoms with Crippen molar-refractivity contribution in [1.82, 2.24) is 50.9 Å². The lowest BCUT2D eigenvalue weighted by Crippen LogP contribution is -2.38. The Morgan fingerprint density at radius 2 is 1.30 bits per heavy atom. The topological polar surface area (TPSA) is 184 Å². The average Bonchev–Trinajstić information content (AvgIpc) is 3.89. The number of aryl methyl sites for hydroxylation is 2. The largest absolute Gasteiger partial charge is 0.480 e. The van der Waals surface area contributed by atoms with Crippen LogP contribution in [0.1, 0.15) is 60.1 Å². The van der Waals surface area contributed by atoms with Gasteiger partial charge in [0.2, 0.25) is 11.8 Å². The summed E-state index contributed by atoms with van der Waals surface area (Å²) in [6.07, 6.45) is 2.80. The maximum absolute atomic E-state index is 6.13. The molecule has 0 aliphatic carbocycles. The molecule has 0 amide bonds. The molecule has 2 aromatic carbocycles. The molecule has 4 atom stereocenters. The van der Waals surface area contributed by atoms with Crippen molar-refractivity contribution in [2.24, 2.45) is 9.98 Å². The van der Waals surface area contributed by atoms with E-state index in [4.69, 9.17) is 52.3 Å². The van der Waals surface area contributed by atoms with Crippen LogP contribution in [-0.2, 0) is 9.68 Å². The van der Waals surface area contributed by atoms with E-state index in [-0.39, 0.29) is 24.3 Å².